The zero-order chi connectivity index (χ0) is 15.7. The summed E-state index contributed by atoms with van der Waals surface area (Å²) in [5.74, 6) is 16.5. The average Bonchev–Trinajstić information content (AvgIpc) is 2.47. The van der Waals surface area contributed by atoms with Crippen molar-refractivity contribution in [2.75, 3.05) is 0 Å². The van der Waals surface area contributed by atoms with Crippen LogP contribution in [0.4, 0.5) is 0 Å². The number of carbonyl (C=O) groups is 4. The largest absolute Gasteiger partial charge is 0.291 e. The highest BCUT2D eigenvalue weighted by molar-refractivity contribution is 5.99. The third kappa shape index (κ3) is 5.69. The zero-order valence-electron chi connectivity index (χ0n) is 10.1. The molecule has 0 saturated carbocycles. The van der Waals surface area contributed by atoms with Crippen LogP contribution in [0.5, 0.6) is 0 Å². The fourth-order valence-electron chi connectivity index (χ4n) is 0.755. The molecule has 12 nitrogen and oxygen atoms in total. The van der Waals surface area contributed by atoms with Crippen LogP contribution >= 0.6 is 0 Å². The first-order valence-corrected chi connectivity index (χ1v) is 4.88. The van der Waals surface area contributed by atoms with Gasteiger partial charge in [-0.05, 0) is 0 Å². The Balaban J connectivity index is 4.64. The molecule has 0 radical (unpaired) electrons. The third-order valence-corrected chi connectivity index (χ3v) is 1.72. The van der Waals surface area contributed by atoms with Crippen LogP contribution in [0.3, 0.4) is 0 Å². The number of hydrazine groups is 5. The monoisotopic (exact) mass is 286 g/mol. The van der Waals surface area contributed by atoms with Gasteiger partial charge < -0.3 is 0 Å². The lowest BCUT2D eigenvalue weighted by Gasteiger charge is -2.23. The first-order valence-electron chi connectivity index (χ1n) is 4.88. The molecule has 12 heteroatoms. The number of carbonyl (C=O) groups excluding carboxylic acids is 4. The number of hydrogen-bond acceptors (Lipinski definition) is 8. The molecule has 0 atom stereocenters. The molecular weight excluding hydrogens is 272 g/mol. The van der Waals surface area contributed by atoms with Gasteiger partial charge in [-0.2, -0.15) is 10.2 Å². The summed E-state index contributed by atoms with van der Waals surface area (Å²) in [6.45, 7) is 0. The molecule has 4 amide bonds. The Morgan fingerprint density at radius 3 is 1.25 bits per heavy atom. The normalized spacial score (nSPS) is 10.4. The molecule has 0 heterocycles. The number of nitrogens with two attached hydrogens (primary N) is 4. The van der Waals surface area contributed by atoms with Crippen molar-refractivity contribution in [1.82, 2.24) is 21.1 Å². The predicted octanol–water partition coefficient (Wildman–Crippen LogP) is -4.60. The Morgan fingerprint density at radius 2 is 1.00 bits per heavy atom. The second kappa shape index (κ2) is 8.33. The summed E-state index contributed by atoms with van der Waals surface area (Å²) in [5.41, 5.74) is 3.47. The first kappa shape index (κ1) is 17.2. The van der Waals surface area contributed by atoms with Crippen LogP contribution < -0.4 is 34.2 Å². The summed E-state index contributed by atoms with van der Waals surface area (Å²) in [6, 6.07) is 0. The van der Waals surface area contributed by atoms with Crippen LogP contribution in [0.2, 0.25) is 0 Å². The van der Waals surface area contributed by atoms with Crippen molar-refractivity contribution < 1.29 is 19.2 Å². The van der Waals surface area contributed by atoms with E-state index in [2.05, 4.69) is 0 Å². The summed E-state index contributed by atoms with van der Waals surface area (Å²) in [5, 5.41) is 0.431. The maximum absolute atomic E-state index is 11.4. The van der Waals surface area contributed by atoms with E-state index in [1.54, 1.807) is 10.9 Å². The van der Waals surface area contributed by atoms with E-state index in [-0.39, 0.29) is 10.2 Å². The van der Waals surface area contributed by atoms with Gasteiger partial charge in [-0.3, -0.25) is 30.0 Å². The summed E-state index contributed by atoms with van der Waals surface area (Å²) >= 11 is 0. The number of nitrogens with one attached hydrogen (secondary N) is 2. The van der Waals surface area contributed by atoms with E-state index in [9.17, 15) is 19.2 Å². The molecule has 0 fully saturated rings. The van der Waals surface area contributed by atoms with Gasteiger partial charge in [0.15, 0.2) is 0 Å². The molecule has 0 unspecified atom stereocenters. The van der Waals surface area contributed by atoms with Crippen molar-refractivity contribution in [2.45, 2.75) is 0 Å². The second-order valence-corrected chi connectivity index (χ2v) is 3.05. The molecule has 0 aliphatic carbocycles. The van der Waals surface area contributed by atoms with Crippen LogP contribution in [-0.4, -0.2) is 33.9 Å². The fraction of sp³-hybridized carbons (Fsp3) is 0. The van der Waals surface area contributed by atoms with Gasteiger partial charge >= 0.3 is 0 Å². The molecular formula is C8H14N8O4. The van der Waals surface area contributed by atoms with Crippen molar-refractivity contribution in [3.8, 4) is 0 Å². The van der Waals surface area contributed by atoms with E-state index in [1.807, 2.05) is 0 Å². The van der Waals surface area contributed by atoms with Crippen molar-refractivity contribution in [3.05, 3.63) is 24.3 Å². The SMILES string of the molecule is NNC(=O)/C=C\C(=O)N(N)N(N)C(=O)/C=C\C(=O)NN. The number of hydrogen-bond donors (Lipinski definition) is 6. The van der Waals surface area contributed by atoms with Gasteiger partial charge in [0.25, 0.3) is 23.6 Å². The Kier molecular flexibility index (Phi) is 7.16. The maximum Gasteiger partial charge on any atom is 0.281 e. The molecule has 0 saturated heterocycles. The van der Waals surface area contributed by atoms with Gasteiger partial charge in [-0.25, -0.2) is 23.4 Å². The smallest absolute Gasteiger partial charge is 0.281 e. The molecule has 20 heavy (non-hydrogen) atoms. The molecule has 10 N–H and O–H groups in total. The van der Waals surface area contributed by atoms with E-state index in [0.29, 0.717) is 0 Å². The van der Waals surface area contributed by atoms with Gasteiger partial charge in [0.05, 0.1) is 0 Å². The van der Waals surface area contributed by atoms with Crippen LogP contribution in [0.15, 0.2) is 24.3 Å². The standard InChI is InChI=1S/C8H14N8O4/c9-13-5(17)1-3-7(19)15(11)16(12)8(20)4-2-6(18)14-10/h1-4H,9-12H2,(H,13,17)(H,14,18)/b3-1-,4-2-. The van der Waals surface area contributed by atoms with Gasteiger partial charge in [0.2, 0.25) is 0 Å². The molecule has 0 aromatic rings. The van der Waals surface area contributed by atoms with E-state index in [4.69, 9.17) is 23.4 Å². The highest BCUT2D eigenvalue weighted by Crippen LogP contribution is 1.91. The number of amides is 4. The van der Waals surface area contributed by atoms with Gasteiger partial charge in [0, 0.05) is 24.3 Å². The Morgan fingerprint density at radius 1 is 0.700 bits per heavy atom. The van der Waals surface area contributed by atoms with Crippen molar-refractivity contribution in [3.63, 3.8) is 0 Å². The molecule has 0 aliphatic rings. The minimum absolute atomic E-state index is 0.216. The zero-order valence-corrected chi connectivity index (χ0v) is 10.1. The summed E-state index contributed by atoms with van der Waals surface area (Å²) in [6.07, 6.45) is 3.01. The Hall–Kier alpha value is -2.80. The third-order valence-electron chi connectivity index (χ3n) is 1.72. The average molecular weight is 286 g/mol. The quantitative estimate of drug-likeness (QED) is 0.128. The van der Waals surface area contributed by atoms with Gasteiger partial charge in [-0.1, -0.05) is 0 Å². The lowest BCUT2D eigenvalue weighted by molar-refractivity contribution is -0.158. The van der Waals surface area contributed by atoms with Crippen LogP contribution in [-0.2, 0) is 19.2 Å². The van der Waals surface area contributed by atoms with E-state index >= 15 is 0 Å². The Labute approximate surface area is 112 Å². The van der Waals surface area contributed by atoms with Crippen molar-refractivity contribution in [2.24, 2.45) is 23.4 Å². The second-order valence-electron chi connectivity index (χ2n) is 3.05. The molecule has 0 rings (SSSR count). The van der Waals surface area contributed by atoms with Gasteiger partial charge in [-0.15, -0.1) is 0 Å². The Bertz CT molecular complexity index is 417. The van der Waals surface area contributed by atoms with Crippen LogP contribution in [0, 0.1) is 0 Å². The van der Waals surface area contributed by atoms with Crippen molar-refractivity contribution in [1.29, 1.82) is 0 Å². The molecule has 0 aromatic heterocycles. The van der Waals surface area contributed by atoms with E-state index < -0.39 is 23.6 Å². The summed E-state index contributed by atoms with van der Waals surface area (Å²) in [4.78, 5) is 44.3. The highest BCUT2D eigenvalue weighted by atomic mass is 16.2. The predicted molar refractivity (Wildman–Crippen MR) is 65.0 cm³/mol. The van der Waals surface area contributed by atoms with Gasteiger partial charge in [0.1, 0.15) is 0 Å². The fourth-order valence-corrected chi connectivity index (χ4v) is 0.755. The number of rotatable bonds is 4. The lowest BCUT2D eigenvalue weighted by atomic mass is 10.4. The number of nitrogens with zero attached hydrogens (tertiary/aromatic N) is 2. The molecule has 110 valence electrons. The van der Waals surface area contributed by atoms with Crippen molar-refractivity contribution >= 4 is 23.6 Å². The summed E-state index contributed by atoms with van der Waals surface area (Å²) < 4.78 is 0. The minimum atomic E-state index is -0.985. The molecule has 0 spiro atoms. The molecule has 0 bridgehead atoms. The van der Waals surface area contributed by atoms with Crippen LogP contribution in [0.25, 0.3) is 0 Å². The first-order chi connectivity index (χ1) is 9.33. The highest BCUT2D eigenvalue weighted by Gasteiger charge is 2.17. The molecule has 0 aliphatic heterocycles. The molecule has 0 aromatic carbocycles. The lowest BCUT2D eigenvalue weighted by Crippen LogP contribution is -2.56. The minimum Gasteiger partial charge on any atom is -0.291 e. The maximum atomic E-state index is 11.4. The van der Waals surface area contributed by atoms with E-state index in [0.717, 1.165) is 24.3 Å². The topological polar surface area (TPSA) is 203 Å². The van der Waals surface area contributed by atoms with Crippen LogP contribution in [0.1, 0.15) is 0 Å². The summed E-state index contributed by atoms with van der Waals surface area (Å²) in [7, 11) is 0. The van der Waals surface area contributed by atoms with E-state index in [1.165, 1.54) is 0 Å².